The standard InChI is InChI=1S/C14H22N2O3S/c1-9-4-11(8-15)5-14(10(9)2)20(17,18)16-12-6-13(7-12)19-3/h4-5,12-13,16H,6-8,15H2,1-3H3. The van der Waals surface area contributed by atoms with Crippen molar-refractivity contribution in [3.05, 3.63) is 28.8 Å². The summed E-state index contributed by atoms with van der Waals surface area (Å²) >= 11 is 0. The number of nitrogens with two attached hydrogens (primary N) is 1. The first-order chi connectivity index (χ1) is 9.37. The Morgan fingerprint density at radius 1 is 1.35 bits per heavy atom. The van der Waals surface area contributed by atoms with Crippen molar-refractivity contribution < 1.29 is 13.2 Å². The lowest BCUT2D eigenvalue weighted by molar-refractivity contribution is 0.0236. The number of hydrogen-bond donors (Lipinski definition) is 2. The first-order valence-corrected chi connectivity index (χ1v) is 8.21. The number of sulfonamides is 1. The molecule has 0 saturated heterocycles. The van der Waals surface area contributed by atoms with E-state index >= 15 is 0 Å². The molecule has 1 aliphatic carbocycles. The van der Waals surface area contributed by atoms with Crippen LogP contribution in [0.5, 0.6) is 0 Å². The highest BCUT2D eigenvalue weighted by atomic mass is 32.2. The van der Waals surface area contributed by atoms with Crippen molar-refractivity contribution in [3.8, 4) is 0 Å². The van der Waals surface area contributed by atoms with E-state index in [-0.39, 0.29) is 12.1 Å². The van der Waals surface area contributed by atoms with Crippen molar-refractivity contribution >= 4 is 10.0 Å². The third kappa shape index (κ3) is 3.03. The van der Waals surface area contributed by atoms with Crippen molar-refractivity contribution in [3.63, 3.8) is 0 Å². The minimum atomic E-state index is -3.50. The lowest BCUT2D eigenvalue weighted by Gasteiger charge is -2.34. The van der Waals surface area contributed by atoms with Gasteiger partial charge in [-0.2, -0.15) is 0 Å². The van der Waals surface area contributed by atoms with Crippen LogP contribution < -0.4 is 10.5 Å². The number of nitrogens with one attached hydrogen (secondary N) is 1. The molecule has 0 spiro atoms. The zero-order chi connectivity index (χ0) is 14.9. The summed E-state index contributed by atoms with van der Waals surface area (Å²) in [5.74, 6) is 0. The second-order valence-electron chi connectivity index (χ2n) is 5.39. The zero-order valence-electron chi connectivity index (χ0n) is 12.1. The Morgan fingerprint density at radius 2 is 2.00 bits per heavy atom. The van der Waals surface area contributed by atoms with Gasteiger partial charge in [0.05, 0.1) is 11.0 Å². The van der Waals surface area contributed by atoms with E-state index in [2.05, 4.69) is 4.72 Å². The SMILES string of the molecule is COC1CC(NS(=O)(=O)c2cc(CN)cc(C)c2C)C1. The van der Waals surface area contributed by atoms with Gasteiger partial charge in [0, 0.05) is 19.7 Å². The summed E-state index contributed by atoms with van der Waals surface area (Å²) in [6, 6.07) is 3.56. The van der Waals surface area contributed by atoms with Gasteiger partial charge in [-0.05, 0) is 49.4 Å². The van der Waals surface area contributed by atoms with Crippen LogP contribution >= 0.6 is 0 Å². The molecule has 0 bridgehead atoms. The third-order valence-corrected chi connectivity index (χ3v) is 5.60. The Morgan fingerprint density at radius 3 is 2.55 bits per heavy atom. The van der Waals surface area contributed by atoms with E-state index in [1.54, 1.807) is 13.2 Å². The van der Waals surface area contributed by atoms with Gasteiger partial charge in [-0.25, -0.2) is 13.1 Å². The molecule has 1 saturated carbocycles. The van der Waals surface area contributed by atoms with Gasteiger partial charge in [-0.3, -0.25) is 0 Å². The molecule has 0 aromatic heterocycles. The molecule has 20 heavy (non-hydrogen) atoms. The molecule has 3 N–H and O–H groups in total. The lowest BCUT2D eigenvalue weighted by atomic mass is 9.90. The van der Waals surface area contributed by atoms with E-state index in [1.165, 1.54) is 0 Å². The van der Waals surface area contributed by atoms with E-state index in [0.29, 0.717) is 11.4 Å². The summed E-state index contributed by atoms with van der Waals surface area (Å²) < 4.78 is 32.9. The smallest absolute Gasteiger partial charge is 0.241 e. The second-order valence-corrected chi connectivity index (χ2v) is 7.07. The van der Waals surface area contributed by atoms with Crippen LogP contribution in [0, 0.1) is 13.8 Å². The molecule has 6 heteroatoms. The first kappa shape index (κ1) is 15.4. The molecule has 0 aliphatic heterocycles. The summed E-state index contributed by atoms with van der Waals surface area (Å²) in [6.45, 7) is 4.06. The van der Waals surface area contributed by atoms with Gasteiger partial charge in [0.15, 0.2) is 0 Å². The molecule has 1 aromatic carbocycles. The number of hydrogen-bond acceptors (Lipinski definition) is 4. The van der Waals surface area contributed by atoms with Crippen LogP contribution in [0.1, 0.15) is 29.5 Å². The van der Waals surface area contributed by atoms with E-state index in [9.17, 15) is 8.42 Å². The van der Waals surface area contributed by atoms with Gasteiger partial charge in [-0.1, -0.05) is 6.07 Å². The van der Waals surface area contributed by atoms with Gasteiger partial charge in [0.2, 0.25) is 10.0 Å². The Kier molecular flexibility index (Phi) is 4.49. The van der Waals surface area contributed by atoms with Gasteiger partial charge in [0.25, 0.3) is 0 Å². The minimum absolute atomic E-state index is 0.0359. The Hall–Kier alpha value is -0.950. The fraction of sp³-hybridized carbons (Fsp3) is 0.571. The van der Waals surface area contributed by atoms with E-state index in [0.717, 1.165) is 29.5 Å². The molecule has 1 aromatic rings. The predicted molar refractivity (Wildman–Crippen MR) is 77.9 cm³/mol. The van der Waals surface area contributed by atoms with Gasteiger partial charge < -0.3 is 10.5 Å². The predicted octanol–water partition coefficient (Wildman–Crippen LogP) is 1.22. The van der Waals surface area contributed by atoms with E-state index in [1.807, 2.05) is 19.9 Å². The molecule has 0 heterocycles. The lowest BCUT2D eigenvalue weighted by Crippen LogP contribution is -2.47. The Balaban J connectivity index is 2.23. The number of methoxy groups -OCH3 is 1. The van der Waals surface area contributed by atoms with Crippen LogP contribution in [0.15, 0.2) is 17.0 Å². The Labute approximate surface area is 120 Å². The van der Waals surface area contributed by atoms with Crippen LogP contribution in [0.3, 0.4) is 0 Å². The van der Waals surface area contributed by atoms with Gasteiger partial charge in [0.1, 0.15) is 0 Å². The van der Waals surface area contributed by atoms with Crippen molar-refractivity contribution in [1.82, 2.24) is 4.72 Å². The summed E-state index contributed by atoms with van der Waals surface area (Å²) in [7, 11) is -1.85. The van der Waals surface area contributed by atoms with Crippen molar-refractivity contribution in [2.75, 3.05) is 7.11 Å². The van der Waals surface area contributed by atoms with Gasteiger partial charge >= 0.3 is 0 Å². The highest BCUT2D eigenvalue weighted by Crippen LogP contribution is 2.26. The molecule has 0 unspecified atom stereocenters. The monoisotopic (exact) mass is 298 g/mol. The number of aryl methyl sites for hydroxylation is 1. The zero-order valence-corrected chi connectivity index (χ0v) is 13.0. The molecule has 5 nitrogen and oxygen atoms in total. The molecule has 0 amide bonds. The normalized spacial score (nSPS) is 22.6. The molecule has 1 aliphatic rings. The number of ether oxygens (including phenoxy) is 1. The largest absolute Gasteiger partial charge is 0.381 e. The average Bonchev–Trinajstić information content (AvgIpc) is 2.36. The molecular formula is C14H22N2O3S. The number of benzene rings is 1. The molecule has 0 atom stereocenters. The van der Waals surface area contributed by atoms with Crippen LogP contribution in [-0.4, -0.2) is 27.7 Å². The minimum Gasteiger partial charge on any atom is -0.381 e. The molecular weight excluding hydrogens is 276 g/mol. The summed E-state index contributed by atoms with van der Waals surface area (Å²) in [6.07, 6.45) is 1.62. The molecule has 1 fully saturated rings. The fourth-order valence-corrected chi connectivity index (χ4v) is 4.06. The van der Waals surface area contributed by atoms with Crippen LogP contribution in [0.25, 0.3) is 0 Å². The van der Waals surface area contributed by atoms with Crippen molar-refractivity contribution in [1.29, 1.82) is 0 Å². The topological polar surface area (TPSA) is 81.4 Å². The number of rotatable bonds is 5. The third-order valence-electron chi connectivity index (χ3n) is 3.95. The second kappa shape index (κ2) is 5.81. The highest BCUT2D eigenvalue weighted by molar-refractivity contribution is 7.89. The maximum Gasteiger partial charge on any atom is 0.241 e. The average molecular weight is 298 g/mol. The van der Waals surface area contributed by atoms with Crippen molar-refractivity contribution in [2.45, 2.75) is 50.3 Å². The van der Waals surface area contributed by atoms with Crippen LogP contribution in [0.2, 0.25) is 0 Å². The van der Waals surface area contributed by atoms with E-state index in [4.69, 9.17) is 10.5 Å². The van der Waals surface area contributed by atoms with Gasteiger partial charge in [-0.15, -0.1) is 0 Å². The van der Waals surface area contributed by atoms with Crippen LogP contribution in [-0.2, 0) is 21.3 Å². The Bertz CT molecular complexity index is 593. The quantitative estimate of drug-likeness (QED) is 0.856. The molecule has 0 radical (unpaired) electrons. The van der Waals surface area contributed by atoms with Crippen molar-refractivity contribution in [2.24, 2.45) is 5.73 Å². The molecule has 112 valence electrons. The maximum atomic E-state index is 12.5. The molecule has 2 rings (SSSR count). The highest BCUT2D eigenvalue weighted by Gasteiger charge is 2.33. The van der Waals surface area contributed by atoms with Crippen LogP contribution in [0.4, 0.5) is 0 Å². The fourth-order valence-electron chi connectivity index (χ4n) is 2.43. The summed E-state index contributed by atoms with van der Waals surface area (Å²) in [4.78, 5) is 0.332. The van der Waals surface area contributed by atoms with E-state index < -0.39 is 10.0 Å². The first-order valence-electron chi connectivity index (χ1n) is 6.72. The summed E-state index contributed by atoms with van der Waals surface area (Å²) in [5.41, 5.74) is 8.17. The maximum absolute atomic E-state index is 12.5. The summed E-state index contributed by atoms with van der Waals surface area (Å²) in [5, 5.41) is 0.